The van der Waals surface area contributed by atoms with Crippen molar-refractivity contribution in [2.24, 2.45) is 0 Å². The molecule has 0 atom stereocenters. The van der Waals surface area contributed by atoms with E-state index in [0.29, 0.717) is 55.4 Å². The molecule has 1 aliphatic rings. The molecule has 1 saturated heterocycles. The number of hydrogen-bond donors (Lipinski definition) is 0. The first kappa shape index (κ1) is 22.2. The molecule has 0 aromatic heterocycles. The molecule has 1 aliphatic heterocycles. The fraction of sp³-hybridized carbons (Fsp3) is 0.333. The van der Waals surface area contributed by atoms with Crippen LogP contribution in [-0.2, 0) is 4.79 Å². The maximum absolute atomic E-state index is 12.9. The zero-order valence-corrected chi connectivity index (χ0v) is 18.2. The summed E-state index contributed by atoms with van der Waals surface area (Å²) in [5.74, 6) is 1.71. The molecular formula is C24H28N2O5. The van der Waals surface area contributed by atoms with Gasteiger partial charge in [0, 0.05) is 38.3 Å². The van der Waals surface area contributed by atoms with Gasteiger partial charge in [0.1, 0.15) is 17.2 Å². The lowest BCUT2D eigenvalue weighted by Gasteiger charge is -2.22. The van der Waals surface area contributed by atoms with Gasteiger partial charge in [0.2, 0.25) is 5.91 Å². The molecule has 0 N–H and O–H groups in total. The van der Waals surface area contributed by atoms with Gasteiger partial charge in [0.15, 0.2) is 0 Å². The lowest BCUT2D eigenvalue weighted by molar-refractivity contribution is -0.125. The summed E-state index contributed by atoms with van der Waals surface area (Å²) < 4.78 is 15.9. The highest BCUT2D eigenvalue weighted by molar-refractivity contribution is 5.97. The Bertz CT molecular complexity index is 934. The van der Waals surface area contributed by atoms with E-state index in [2.05, 4.69) is 0 Å². The number of carbonyl (C=O) groups is 2. The van der Waals surface area contributed by atoms with Crippen LogP contribution >= 0.6 is 0 Å². The van der Waals surface area contributed by atoms with Gasteiger partial charge in [-0.15, -0.1) is 0 Å². The van der Waals surface area contributed by atoms with E-state index >= 15 is 0 Å². The molecule has 2 aromatic rings. The minimum Gasteiger partial charge on any atom is -0.497 e. The Balaban J connectivity index is 1.64. The van der Waals surface area contributed by atoms with E-state index in [9.17, 15) is 9.59 Å². The first-order chi connectivity index (χ1) is 15.0. The summed E-state index contributed by atoms with van der Waals surface area (Å²) in [6, 6.07) is 12.6. The monoisotopic (exact) mass is 424 g/mol. The van der Waals surface area contributed by atoms with Crippen molar-refractivity contribution in [3.05, 3.63) is 59.7 Å². The Hall–Kier alpha value is -3.48. The van der Waals surface area contributed by atoms with Gasteiger partial charge in [0.05, 0.1) is 26.9 Å². The van der Waals surface area contributed by atoms with Gasteiger partial charge in [-0.25, -0.2) is 0 Å². The number of rotatable bonds is 6. The molecular weight excluding hydrogens is 396 g/mol. The lowest BCUT2D eigenvalue weighted by Crippen LogP contribution is -2.36. The predicted molar refractivity (Wildman–Crippen MR) is 119 cm³/mol. The molecule has 0 spiro atoms. The first-order valence-electron chi connectivity index (χ1n) is 10.2. The lowest BCUT2D eigenvalue weighted by atomic mass is 10.1. The number of amides is 2. The van der Waals surface area contributed by atoms with Crippen molar-refractivity contribution in [1.29, 1.82) is 0 Å². The zero-order valence-electron chi connectivity index (χ0n) is 18.2. The first-order valence-corrected chi connectivity index (χ1v) is 10.2. The number of para-hydroxylation sites is 1. The molecule has 7 heteroatoms. The normalized spacial score (nSPS) is 14.3. The molecule has 7 nitrogen and oxygen atoms in total. The van der Waals surface area contributed by atoms with Gasteiger partial charge >= 0.3 is 0 Å². The molecule has 0 radical (unpaired) electrons. The van der Waals surface area contributed by atoms with Crippen molar-refractivity contribution in [1.82, 2.24) is 9.80 Å². The quantitative estimate of drug-likeness (QED) is 0.667. The molecule has 0 saturated carbocycles. The minimum absolute atomic E-state index is 0.0780. The molecule has 0 bridgehead atoms. The maximum atomic E-state index is 12.9. The number of nitrogens with zero attached hydrogens (tertiary/aromatic N) is 2. The van der Waals surface area contributed by atoms with Gasteiger partial charge in [-0.05, 0) is 42.3 Å². The highest BCUT2D eigenvalue weighted by atomic mass is 16.5. The van der Waals surface area contributed by atoms with E-state index in [4.69, 9.17) is 14.2 Å². The van der Waals surface area contributed by atoms with Crippen LogP contribution < -0.4 is 14.2 Å². The van der Waals surface area contributed by atoms with Crippen molar-refractivity contribution >= 4 is 17.9 Å². The Labute approximate surface area is 182 Å². The van der Waals surface area contributed by atoms with Crippen molar-refractivity contribution in [2.45, 2.75) is 6.42 Å². The third-order valence-electron chi connectivity index (χ3n) is 5.22. The van der Waals surface area contributed by atoms with Gasteiger partial charge in [-0.3, -0.25) is 9.59 Å². The third kappa shape index (κ3) is 5.57. The van der Waals surface area contributed by atoms with Crippen LogP contribution in [0.3, 0.4) is 0 Å². The maximum Gasteiger partial charge on any atom is 0.257 e. The molecule has 0 unspecified atom stereocenters. The second-order valence-corrected chi connectivity index (χ2v) is 7.15. The number of hydrogen-bond acceptors (Lipinski definition) is 5. The van der Waals surface area contributed by atoms with Crippen LogP contribution in [-0.4, -0.2) is 69.1 Å². The van der Waals surface area contributed by atoms with Crippen LogP contribution in [0.25, 0.3) is 6.08 Å². The molecule has 164 valence electrons. The largest absolute Gasteiger partial charge is 0.497 e. The molecule has 0 aliphatic carbocycles. The van der Waals surface area contributed by atoms with E-state index in [1.165, 1.54) is 0 Å². The van der Waals surface area contributed by atoms with Gasteiger partial charge in [0.25, 0.3) is 5.91 Å². The number of carbonyl (C=O) groups excluding carboxylic acids is 2. The fourth-order valence-electron chi connectivity index (χ4n) is 3.53. The summed E-state index contributed by atoms with van der Waals surface area (Å²) in [6.45, 7) is 2.15. The summed E-state index contributed by atoms with van der Waals surface area (Å²) in [4.78, 5) is 29.2. The smallest absolute Gasteiger partial charge is 0.257 e. The Morgan fingerprint density at radius 3 is 2.16 bits per heavy atom. The number of methoxy groups -OCH3 is 3. The molecule has 1 fully saturated rings. The predicted octanol–water partition coefficient (Wildman–Crippen LogP) is 3.10. The molecule has 3 rings (SSSR count). The zero-order chi connectivity index (χ0) is 22.2. The van der Waals surface area contributed by atoms with E-state index in [1.807, 2.05) is 24.3 Å². The van der Waals surface area contributed by atoms with Crippen LogP contribution in [0.1, 0.15) is 22.3 Å². The van der Waals surface area contributed by atoms with E-state index in [0.717, 1.165) is 5.56 Å². The van der Waals surface area contributed by atoms with Crippen molar-refractivity contribution in [2.75, 3.05) is 47.5 Å². The van der Waals surface area contributed by atoms with Crippen LogP contribution in [0.15, 0.2) is 48.5 Å². The Kier molecular flexibility index (Phi) is 7.54. The SMILES string of the molecule is COc1cc(/C=C/C(=O)N2CCCN(C(=O)c3ccccc3OC)CC2)cc(OC)c1. The molecule has 2 aromatic carbocycles. The van der Waals surface area contributed by atoms with Gasteiger partial charge in [-0.1, -0.05) is 12.1 Å². The van der Waals surface area contributed by atoms with Gasteiger partial charge < -0.3 is 24.0 Å². The average molecular weight is 424 g/mol. The number of benzene rings is 2. The average Bonchev–Trinajstić information content (AvgIpc) is 3.08. The van der Waals surface area contributed by atoms with E-state index in [-0.39, 0.29) is 11.8 Å². The third-order valence-corrected chi connectivity index (χ3v) is 5.22. The molecule has 1 heterocycles. The topological polar surface area (TPSA) is 68.3 Å². The highest BCUT2D eigenvalue weighted by Gasteiger charge is 2.23. The Morgan fingerprint density at radius 2 is 1.48 bits per heavy atom. The fourth-order valence-corrected chi connectivity index (χ4v) is 3.53. The summed E-state index contributed by atoms with van der Waals surface area (Å²) in [7, 11) is 4.73. The van der Waals surface area contributed by atoms with Crippen LogP contribution in [0, 0.1) is 0 Å². The van der Waals surface area contributed by atoms with Crippen molar-refractivity contribution in [3.8, 4) is 17.2 Å². The summed E-state index contributed by atoms with van der Waals surface area (Å²) >= 11 is 0. The standard InChI is InChI=1S/C24H28N2O5/c1-29-19-15-18(16-20(17-19)30-2)9-10-23(27)25-11-6-12-26(14-13-25)24(28)21-7-4-5-8-22(21)31-3/h4-5,7-10,15-17H,6,11-14H2,1-3H3/b10-9+. The molecule has 2 amide bonds. The Morgan fingerprint density at radius 1 is 0.839 bits per heavy atom. The summed E-state index contributed by atoms with van der Waals surface area (Å²) in [5.41, 5.74) is 1.35. The van der Waals surface area contributed by atoms with Crippen molar-refractivity contribution in [3.63, 3.8) is 0 Å². The summed E-state index contributed by atoms with van der Waals surface area (Å²) in [5, 5.41) is 0. The van der Waals surface area contributed by atoms with Crippen LogP contribution in [0.2, 0.25) is 0 Å². The summed E-state index contributed by atoms with van der Waals surface area (Å²) in [6.07, 6.45) is 4.01. The van der Waals surface area contributed by atoms with E-state index in [1.54, 1.807) is 61.5 Å². The van der Waals surface area contributed by atoms with E-state index < -0.39 is 0 Å². The van der Waals surface area contributed by atoms with Crippen LogP contribution in [0.5, 0.6) is 17.2 Å². The second kappa shape index (κ2) is 10.5. The second-order valence-electron chi connectivity index (χ2n) is 7.15. The highest BCUT2D eigenvalue weighted by Crippen LogP contribution is 2.23. The minimum atomic E-state index is -0.0895. The number of ether oxygens (including phenoxy) is 3. The van der Waals surface area contributed by atoms with Gasteiger partial charge in [-0.2, -0.15) is 0 Å². The molecule has 31 heavy (non-hydrogen) atoms. The van der Waals surface area contributed by atoms with Crippen molar-refractivity contribution < 1.29 is 23.8 Å². The van der Waals surface area contributed by atoms with Crippen LogP contribution in [0.4, 0.5) is 0 Å².